The second-order valence-electron chi connectivity index (χ2n) is 5.76. The largest absolute Gasteiger partial charge is 0.465 e. The van der Waals surface area contributed by atoms with Crippen molar-refractivity contribution < 1.29 is 36.8 Å². The van der Waals surface area contributed by atoms with Gasteiger partial charge in [0.2, 0.25) is 5.91 Å². The minimum absolute atomic E-state index is 0.0550. The molecule has 1 aliphatic heterocycles. The molecule has 10 nitrogen and oxygen atoms in total. The van der Waals surface area contributed by atoms with Crippen molar-refractivity contribution in [2.75, 3.05) is 25.5 Å². The molecule has 0 aromatic heterocycles. The second kappa shape index (κ2) is 9.60. The maximum Gasteiger partial charge on any atom is 0.336 e. The molecule has 11 heteroatoms. The molecule has 0 spiro atoms. The van der Waals surface area contributed by atoms with Crippen molar-refractivity contribution in [1.29, 1.82) is 0 Å². The van der Waals surface area contributed by atoms with Gasteiger partial charge in [0, 0.05) is 18.0 Å². The zero-order valence-corrected chi connectivity index (χ0v) is 16.5. The van der Waals surface area contributed by atoms with Crippen molar-refractivity contribution >= 4 is 33.7 Å². The highest BCUT2D eigenvalue weighted by Crippen LogP contribution is 2.33. The van der Waals surface area contributed by atoms with Crippen LogP contribution in [0.3, 0.4) is 0 Å². The van der Waals surface area contributed by atoms with Gasteiger partial charge in [-0.05, 0) is 27.7 Å². The summed E-state index contributed by atoms with van der Waals surface area (Å²) in [5.41, 5.74) is 0.417. The average molecular weight is 404 g/mol. The van der Waals surface area contributed by atoms with Gasteiger partial charge in [0.15, 0.2) is 0 Å². The van der Waals surface area contributed by atoms with Gasteiger partial charge < -0.3 is 14.8 Å². The Morgan fingerprint density at radius 3 is 2.22 bits per heavy atom. The molecular formula is C16H24N2O8S. The van der Waals surface area contributed by atoms with Gasteiger partial charge in [-0.15, -0.1) is 0 Å². The Hall–Kier alpha value is -2.27. The monoisotopic (exact) mass is 404 g/mol. The fourth-order valence-electron chi connectivity index (χ4n) is 2.75. The molecule has 0 fully saturated rings. The fraction of sp³-hybridized carbons (Fsp3) is 0.625. The highest BCUT2D eigenvalue weighted by Gasteiger charge is 2.45. The molecule has 1 rings (SSSR count). The lowest BCUT2D eigenvalue weighted by molar-refractivity contribution is -0.150. The Bertz CT molecular complexity index is 769. The highest BCUT2D eigenvalue weighted by atomic mass is 32.2. The third kappa shape index (κ3) is 6.14. The van der Waals surface area contributed by atoms with Crippen molar-refractivity contribution in [2.24, 2.45) is 16.8 Å². The van der Waals surface area contributed by atoms with Gasteiger partial charge in [-0.1, -0.05) is 0 Å². The van der Waals surface area contributed by atoms with E-state index in [1.807, 2.05) is 0 Å². The molecule has 0 radical (unpaired) electrons. The van der Waals surface area contributed by atoms with Crippen LogP contribution in [0.4, 0.5) is 0 Å². The molecule has 2 unspecified atom stereocenters. The number of nitrogens with zero attached hydrogens (tertiary/aromatic N) is 1. The van der Waals surface area contributed by atoms with Crippen molar-refractivity contribution in [3.63, 3.8) is 0 Å². The lowest BCUT2D eigenvalue weighted by Crippen LogP contribution is -2.47. The van der Waals surface area contributed by atoms with Crippen molar-refractivity contribution in [3.05, 3.63) is 11.3 Å². The molecule has 2 N–H and O–H groups in total. The summed E-state index contributed by atoms with van der Waals surface area (Å²) in [5.74, 6) is -5.45. The Morgan fingerprint density at radius 1 is 1.11 bits per heavy atom. The van der Waals surface area contributed by atoms with E-state index in [9.17, 15) is 22.8 Å². The van der Waals surface area contributed by atoms with Crippen molar-refractivity contribution in [2.45, 2.75) is 27.7 Å². The third-order valence-electron chi connectivity index (χ3n) is 3.81. The standard InChI is InChI=1S/C16H24N2O8S/c1-5-25-15(20)11-9(3)18-10(4)12(16(21)26-6-2)13(11)14(19)17-7-8-27(22,23)24/h11,13H,5-8H2,1-4H3,(H,17,19)(H,22,23,24). The van der Waals surface area contributed by atoms with E-state index in [0.717, 1.165) is 0 Å². The number of amides is 1. The number of carbonyl (C=O) groups excluding carboxylic acids is 3. The van der Waals surface area contributed by atoms with Gasteiger partial charge in [-0.3, -0.25) is 19.1 Å². The summed E-state index contributed by atoms with van der Waals surface area (Å²) in [7, 11) is -4.28. The summed E-state index contributed by atoms with van der Waals surface area (Å²) in [6.07, 6.45) is 0. The van der Waals surface area contributed by atoms with Crippen LogP contribution in [0.1, 0.15) is 27.7 Å². The first-order chi connectivity index (χ1) is 12.5. The maximum absolute atomic E-state index is 12.7. The van der Waals surface area contributed by atoms with E-state index in [1.54, 1.807) is 13.8 Å². The molecule has 1 heterocycles. The zero-order valence-electron chi connectivity index (χ0n) is 15.6. The highest BCUT2D eigenvalue weighted by molar-refractivity contribution is 7.85. The Labute approximate surface area is 157 Å². The minimum Gasteiger partial charge on any atom is -0.465 e. The molecule has 2 atom stereocenters. The summed E-state index contributed by atoms with van der Waals surface area (Å²) >= 11 is 0. The molecule has 1 aliphatic rings. The van der Waals surface area contributed by atoms with Gasteiger partial charge in [0.1, 0.15) is 5.92 Å². The van der Waals surface area contributed by atoms with Crippen molar-refractivity contribution in [1.82, 2.24) is 5.32 Å². The predicted molar refractivity (Wildman–Crippen MR) is 95.5 cm³/mol. The van der Waals surface area contributed by atoms with Crippen LogP contribution in [0.5, 0.6) is 0 Å². The number of hydrogen-bond acceptors (Lipinski definition) is 8. The summed E-state index contributed by atoms with van der Waals surface area (Å²) in [5, 5.41) is 2.32. The van der Waals surface area contributed by atoms with E-state index in [0.29, 0.717) is 0 Å². The maximum atomic E-state index is 12.7. The molecule has 0 aliphatic carbocycles. The number of ether oxygens (including phenoxy) is 2. The summed E-state index contributed by atoms with van der Waals surface area (Å²) < 4.78 is 40.4. The first-order valence-electron chi connectivity index (χ1n) is 8.36. The molecule has 0 aromatic carbocycles. The first kappa shape index (κ1) is 22.8. The topological polar surface area (TPSA) is 148 Å². The number of allylic oxidation sites excluding steroid dienone is 1. The van der Waals surface area contributed by atoms with Crippen LogP contribution in [0.25, 0.3) is 0 Å². The normalized spacial score (nSPS) is 20.0. The molecule has 1 amide bonds. The third-order valence-corrected chi connectivity index (χ3v) is 4.53. The van der Waals surface area contributed by atoms with E-state index in [4.69, 9.17) is 14.0 Å². The quantitative estimate of drug-likeness (QED) is 0.427. The molecule has 0 saturated heterocycles. The van der Waals surface area contributed by atoms with Crippen LogP contribution in [0.15, 0.2) is 16.3 Å². The summed E-state index contributed by atoms with van der Waals surface area (Å²) in [6, 6.07) is 0. The molecule has 152 valence electrons. The van der Waals surface area contributed by atoms with Crippen molar-refractivity contribution in [3.8, 4) is 0 Å². The second-order valence-corrected chi connectivity index (χ2v) is 7.33. The summed E-state index contributed by atoms with van der Waals surface area (Å²) in [4.78, 5) is 41.7. The lowest BCUT2D eigenvalue weighted by atomic mass is 9.79. The Morgan fingerprint density at radius 2 is 1.70 bits per heavy atom. The zero-order chi connectivity index (χ0) is 20.8. The van der Waals surface area contributed by atoms with Crippen LogP contribution < -0.4 is 5.32 Å². The smallest absolute Gasteiger partial charge is 0.336 e. The van der Waals surface area contributed by atoms with E-state index >= 15 is 0 Å². The molecule has 0 saturated carbocycles. The Kier molecular flexibility index (Phi) is 8.10. The number of nitrogens with one attached hydrogen (secondary N) is 1. The number of esters is 2. The summed E-state index contributed by atoms with van der Waals surface area (Å²) in [6.45, 7) is 5.96. The van der Waals surface area contributed by atoms with Crippen LogP contribution in [0.2, 0.25) is 0 Å². The number of rotatable bonds is 8. The molecule has 0 aromatic rings. The van der Waals surface area contributed by atoms with Gasteiger partial charge in [0.25, 0.3) is 10.1 Å². The molecule has 0 bridgehead atoms. The van der Waals surface area contributed by atoms with Crippen LogP contribution in [-0.2, 0) is 34.0 Å². The van der Waals surface area contributed by atoms with E-state index in [2.05, 4.69) is 10.3 Å². The number of carbonyl (C=O) groups is 3. The van der Waals surface area contributed by atoms with Gasteiger partial charge in [0.05, 0.1) is 30.5 Å². The lowest BCUT2D eigenvalue weighted by Gasteiger charge is -2.30. The minimum atomic E-state index is -4.28. The number of aliphatic imine (C=N–C) groups is 1. The van der Waals surface area contributed by atoms with Gasteiger partial charge in [-0.25, -0.2) is 4.79 Å². The predicted octanol–water partition coefficient (Wildman–Crippen LogP) is 0.0975. The van der Waals surface area contributed by atoms with Gasteiger partial charge in [-0.2, -0.15) is 8.42 Å². The van der Waals surface area contributed by atoms with Crippen LogP contribution >= 0.6 is 0 Å². The molecule has 27 heavy (non-hydrogen) atoms. The van der Waals surface area contributed by atoms with E-state index in [1.165, 1.54) is 13.8 Å². The van der Waals surface area contributed by atoms with Gasteiger partial charge >= 0.3 is 11.9 Å². The van der Waals surface area contributed by atoms with Crippen LogP contribution in [0, 0.1) is 11.8 Å². The SMILES string of the molecule is CCOC(=O)C1=C(C)N=C(C)C(C(=O)OCC)C1C(=O)NCCS(=O)(=O)O. The Balaban J connectivity index is 3.27. The average Bonchev–Trinajstić information content (AvgIpc) is 2.52. The molecular weight excluding hydrogens is 380 g/mol. The fourth-order valence-corrected chi connectivity index (χ4v) is 3.11. The number of hydrogen-bond donors (Lipinski definition) is 2. The van der Waals surface area contributed by atoms with E-state index < -0.39 is 52.1 Å². The first-order valence-corrected chi connectivity index (χ1v) is 9.96. The van der Waals surface area contributed by atoms with E-state index in [-0.39, 0.29) is 30.2 Å². The van der Waals surface area contributed by atoms with Crippen LogP contribution in [-0.4, -0.2) is 62.0 Å².